The Morgan fingerprint density at radius 3 is 2.96 bits per heavy atom. The van der Waals surface area contributed by atoms with Gasteiger partial charge in [-0.2, -0.15) is 0 Å². The zero-order valence-corrected chi connectivity index (χ0v) is 15.8. The molecule has 1 aromatic heterocycles. The molecule has 3 rings (SSSR count). The molecule has 0 unspecified atom stereocenters. The molecule has 1 N–H and O–H groups in total. The van der Waals surface area contributed by atoms with Crippen molar-refractivity contribution in [3.63, 3.8) is 0 Å². The van der Waals surface area contributed by atoms with Crippen molar-refractivity contribution >= 4 is 23.4 Å². The Kier molecular flexibility index (Phi) is 6.13. The Bertz CT molecular complexity index is 728. The normalized spacial score (nSPS) is 15.3. The maximum Gasteiger partial charge on any atom is 0.234 e. The summed E-state index contributed by atoms with van der Waals surface area (Å²) in [5.74, 6) is 1.85. The number of fused-ring (bicyclic) bond motifs is 1. The van der Waals surface area contributed by atoms with E-state index in [1.165, 1.54) is 30.2 Å². The lowest BCUT2D eigenvalue weighted by molar-refractivity contribution is -0.113. The van der Waals surface area contributed by atoms with Gasteiger partial charge in [0.2, 0.25) is 5.91 Å². The van der Waals surface area contributed by atoms with Crippen LogP contribution in [0.3, 0.4) is 0 Å². The number of carbonyl (C=O) groups is 1. The van der Waals surface area contributed by atoms with Crippen LogP contribution >= 0.6 is 11.8 Å². The first-order valence-electron chi connectivity index (χ1n) is 9.12. The third kappa shape index (κ3) is 4.42. The summed E-state index contributed by atoms with van der Waals surface area (Å²) >= 11 is 1.48. The van der Waals surface area contributed by atoms with E-state index in [2.05, 4.69) is 40.0 Å². The highest BCUT2D eigenvalue weighted by Gasteiger charge is 2.17. The minimum absolute atomic E-state index is 0.00623. The molecule has 0 saturated carbocycles. The van der Waals surface area contributed by atoms with Crippen LogP contribution in [0.15, 0.2) is 29.4 Å². The van der Waals surface area contributed by atoms with Gasteiger partial charge in [-0.1, -0.05) is 50.2 Å². The van der Waals surface area contributed by atoms with Crippen LogP contribution in [0.25, 0.3) is 0 Å². The lowest BCUT2D eigenvalue weighted by Gasteiger charge is -2.15. The van der Waals surface area contributed by atoms with Crippen LogP contribution < -0.4 is 5.32 Å². The number of aryl methyl sites for hydroxylation is 1. The van der Waals surface area contributed by atoms with E-state index in [9.17, 15) is 4.79 Å². The van der Waals surface area contributed by atoms with Gasteiger partial charge in [0, 0.05) is 18.7 Å². The number of thioether (sulfide) groups is 1. The van der Waals surface area contributed by atoms with Gasteiger partial charge in [-0.3, -0.25) is 4.79 Å². The van der Waals surface area contributed by atoms with Crippen LogP contribution in [0.4, 0.5) is 5.69 Å². The Morgan fingerprint density at radius 1 is 1.28 bits per heavy atom. The molecule has 0 radical (unpaired) electrons. The molecule has 5 nitrogen and oxygen atoms in total. The maximum atomic E-state index is 12.4. The zero-order valence-electron chi connectivity index (χ0n) is 15.0. The van der Waals surface area contributed by atoms with Crippen LogP contribution in [-0.4, -0.2) is 26.4 Å². The SMILES string of the molecule is CC[C@@H](C)c1ccccc1NC(=O)CSc1nnc2n1CCCCC2. The van der Waals surface area contributed by atoms with E-state index in [-0.39, 0.29) is 5.91 Å². The van der Waals surface area contributed by atoms with Crippen LogP contribution in [-0.2, 0) is 17.8 Å². The van der Waals surface area contributed by atoms with Gasteiger partial charge >= 0.3 is 0 Å². The minimum Gasteiger partial charge on any atom is -0.325 e. The molecular formula is C19H26N4OS. The van der Waals surface area contributed by atoms with Crippen molar-refractivity contribution in [2.24, 2.45) is 0 Å². The average molecular weight is 359 g/mol. The van der Waals surface area contributed by atoms with Gasteiger partial charge in [-0.05, 0) is 36.8 Å². The quantitative estimate of drug-likeness (QED) is 0.784. The van der Waals surface area contributed by atoms with Crippen LogP contribution in [0.2, 0.25) is 0 Å². The van der Waals surface area contributed by atoms with Gasteiger partial charge in [0.05, 0.1) is 5.75 Å². The zero-order chi connectivity index (χ0) is 17.6. The monoisotopic (exact) mass is 358 g/mol. The van der Waals surface area contributed by atoms with Gasteiger partial charge in [-0.15, -0.1) is 10.2 Å². The van der Waals surface area contributed by atoms with Crippen LogP contribution in [0.1, 0.15) is 56.8 Å². The highest BCUT2D eigenvalue weighted by atomic mass is 32.2. The molecule has 2 heterocycles. The number of aromatic nitrogens is 3. The Labute approximate surface area is 153 Å². The topological polar surface area (TPSA) is 59.8 Å². The van der Waals surface area contributed by atoms with Crippen LogP contribution in [0, 0.1) is 0 Å². The Hall–Kier alpha value is -1.82. The second kappa shape index (κ2) is 8.52. The number of nitrogens with zero attached hydrogens (tertiary/aromatic N) is 3. The fourth-order valence-corrected chi connectivity index (χ4v) is 3.93. The first-order valence-corrected chi connectivity index (χ1v) is 10.1. The number of benzene rings is 1. The molecule has 134 valence electrons. The van der Waals surface area contributed by atoms with Crippen molar-refractivity contribution in [1.82, 2.24) is 14.8 Å². The molecule has 1 aliphatic rings. The van der Waals surface area contributed by atoms with Gasteiger partial charge in [0.25, 0.3) is 0 Å². The summed E-state index contributed by atoms with van der Waals surface area (Å²) in [6, 6.07) is 8.06. The summed E-state index contributed by atoms with van der Waals surface area (Å²) in [4.78, 5) is 12.4. The summed E-state index contributed by atoms with van der Waals surface area (Å²) in [5.41, 5.74) is 2.11. The van der Waals surface area contributed by atoms with E-state index >= 15 is 0 Å². The second-order valence-electron chi connectivity index (χ2n) is 6.59. The molecule has 0 bridgehead atoms. The van der Waals surface area contributed by atoms with E-state index in [1.54, 1.807) is 0 Å². The molecule has 0 saturated heterocycles. The Morgan fingerprint density at radius 2 is 2.12 bits per heavy atom. The number of carbonyl (C=O) groups excluding carboxylic acids is 1. The molecule has 1 aromatic carbocycles. The molecule has 1 atom stereocenters. The molecule has 0 fully saturated rings. The number of hydrogen-bond donors (Lipinski definition) is 1. The third-order valence-corrected chi connectivity index (χ3v) is 5.75. The van der Waals surface area contributed by atoms with E-state index in [0.717, 1.165) is 42.5 Å². The van der Waals surface area contributed by atoms with Gasteiger partial charge in [0.1, 0.15) is 5.82 Å². The van der Waals surface area contributed by atoms with Crippen molar-refractivity contribution < 1.29 is 4.79 Å². The fraction of sp³-hybridized carbons (Fsp3) is 0.526. The standard InChI is InChI=1S/C19H26N4OS/c1-3-14(2)15-9-6-7-10-16(15)20-18(24)13-25-19-22-21-17-11-5-4-8-12-23(17)19/h6-7,9-10,14H,3-5,8,11-13H2,1-2H3,(H,20,24)/t14-/m1/s1. The first-order chi connectivity index (χ1) is 12.2. The number of nitrogens with one attached hydrogen (secondary N) is 1. The molecule has 25 heavy (non-hydrogen) atoms. The summed E-state index contributed by atoms with van der Waals surface area (Å²) in [6.07, 6.45) is 5.61. The van der Waals surface area contributed by atoms with E-state index < -0.39 is 0 Å². The van der Waals surface area contributed by atoms with Crippen molar-refractivity contribution in [2.45, 2.75) is 63.6 Å². The van der Waals surface area contributed by atoms with E-state index in [1.807, 2.05) is 18.2 Å². The number of hydrogen-bond acceptors (Lipinski definition) is 4. The number of anilines is 1. The first kappa shape index (κ1) is 18.0. The van der Waals surface area contributed by atoms with E-state index in [4.69, 9.17) is 0 Å². The van der Waals surface area contributed by atoms with Crippen molar-refractivity contribution in [2.75, 3.05) is 11.1 Å². The van der Waals surface area contributed by atoms with Crippen molar-refractivity contribution in [3.8, 4) is 0 Å². The summed E-state index contributed by atoms with van der Waals surface area (Å²) in [7, 11) is 0. The molecule has 2 aromatic rings. The average Bonchev–Trinajstić information content (AvgIpc) is 2.86. The number of rotatable bonds is 6. The van der Waals surface area contributed by atoms with Gasteiger partial charge in [0.15, 0.2) is 5.16 Å². The molecular weight excluding hydrogens is 332 g/mol. The predicted octanol–water partition coefficient (Wildman–Crippen LogP) is 4.25. The lowest BCUT2D eigenvalue weighted by Crippen LogP contribution is -2.16. The summed E-state index contributed by atoms with van der Waals surface area (Å²) < 4.78 is 2.18. The fourth-order valence-electron chi connectivity index (χ4n) is 3.14. The van der Waals surface area contributed by atoms with E-state index in [0.29, 0.717) is 11.7 Å². The molecule has 1 amide bonds. The summed E-state index contributed by atoms with van der Waals surface area (Å²) in [5, 5.41) is 12.5. The highest BCUT2D eigenvalue weighted by Crippen LogP contribution is 2.27. The second-order valence-corrected chi connectivity index (χ2v) is 7.54. The van der Waals surface area contributed by atoms with Gasteiger partial charge in [-0.25, -0.2) is 0 Å². The van der Waals surface area contributed by atoms with Crippen LogP contribution in [0.5, 0.6) is 0 Å². The lowest BCUT2D eigenvalue weighted by atomic mass is 9.97. The minimum atomic E-state index is 0.00623. The van der Waals surface area contributed by atoms with Crippen molar-refractivity contribution in [3.05, 3.63) is 35.7 Å². The molecule has 0 aliphatic carbocycles. The maximum absolute atomic E-state index is 12.4. The molecule has 0 spiro atoms. The van der Waals surface area contributed by atoms with Gasteiger partial charge < -0.3 is 9.88 Å². The highest BCUT2D eigenvalue weighted by molar-refractivity contribution is 7.99. The third-order valence-electron chi connectivity index (χ3n) is 4.79. The van der Waals surface area contributed by atoms with Crippen molar-refractivity contribution in [1.29, 1.82) is 0 Å². The summed E-state index contributed by atoms with van der Waals surface area (Å²) in [6.45, 7) is 5.31. The number of amides is 1. The molecule has 6 heteroatoms. The Balaban J connectivity index is 1.62. The molecule has 1 aliphatic heterocycles. The smallest absolute Gasteiger partial charge is 0.234 e. The number of para-hydroxylation sites is 1. The predicted molar refractivity (Wildman–Crippen MR) is 102 cm³/mol. The largest absolute Gasteiger partial charge is 0.325 e.